The molecule has 0 radical (unpaired) electrons. The fraction of sp³-hybridized carbons (Fsp3) is 0.500. The van der Waals surface area contributed by atoms with E-state index in [9.17, 15) is 4.79 Å². The van der Waals surface area contributed by atoms with Gasteiger partial charge in [-0.1, -0.05) is 61.7 Å². The van der Waals surface area contributed by atoms with E-state index in [-0.39, 0.29) is 5.91 Å². The standard InChI is InChI=1S/C32H46N8O3/c33-16-19-42-21-22-43-20-18-34-29(41)28-13-11-27(12-14-28)24-37-32-39-30(35-17-15-25-7-3-1-4-8-25)38-31(40-32)36-23-26-9-5-2-6-10-26/h1,3-4,7-8,11-14,26H,2,5-6,9-10,15-24,33H2,(H,34,41)(H3,35,36,37,38,39,40). The summed E-state index contributed by atoms with van der Waals surface area (Å²) in [5.41, 5.74) is 8.23. The van der Waals surface area contributed by atoms with Crippen LogP contribution in [0.1, 0.15) is 53.6 Å². The number of nitrogens with one attached hydrogen (secondary N) is 4. The Hall–Kier alpha value is -3.80. The highest BCUT2D eigenvalue weighted by atomic mass is 16.5. The molecule has 0 spiro atoms. The number of hydrogen-bond donors (Lipinski definition) is 5. The van der Waals surface area contributed by atoms with Crippen molar-refractivity contribution in [3.05, 3.63) is 71.3 Å². The van der Waals surface area contributed by atoms with Crippen LogP contribution in [0.15, 0.2) is 54.6 Å². The van der Waals surface area contributed by atoms with Crippen LogP contribution in [0, 0.1) is 5.92 Å². The number of hydrogen-bond acceptors (Lipinski definition) is 10. The summed E-state index contributed by atoms with van der Waals surface area (Å²) < 4.78 is 10.7. The minimum absolute atomic E-state index is 0.139. The number of nitrogens with two attached hydrogens (primary N) is 1. The number of carbonyl (C=O) groups is 1. The third-order valence-corrected chi connectivity index (χ3v) is 7.28. The maximum atomic E-state index is 12.5. The summed E-state index contributed by atoms with van der Waals surface area (Å²) in [6.07, 6.45) is 7.29. The number of aromatic nitrogens is 3. The molecule has 1 aliphatic carbocycles. The van der Waals surface area contributed by atoms with Gasteiger partial charge >= 0.3 is 0 Å². The van der Waals surface area contributed by atoms with Crippen LogP contribution in [-0.4, -0.2) is 73.5 Å². The van der Waals surface area contributed by atoms with Gasteiger partial charge in [-0.3, -0.25) is 4.79 Å². The summed E-state index contributed by atoms with van der Waals surface area (Å²) in [4.78, 5) is 26.4. The molecule has 11 heteroatoms. The fourth-order valence-corrected chi connectivity index (χ4v) is 4.90. The van der Waals surface area contributed by atoms with Gasteiger partial charge < -0.3 is 36.5 Å². The Kier molecular flexibility index (Phi) is 14.0. The van der Waals surface area contributed by atoms with Crippen LogP contribution in [0.3, 0.4) is 0 Å². The quantitative estimate of drug-likeness (QED) is 0.130. The molecule has 3 aromatic rings. The van der Waals surface area contributed by atoms with Crippen molar-refractivity contribution in [1.82, 2.24) is 20.3 Å². The van der Waals surface area contributed by atoms with Gasteiger partial charge in [0.05, 0.1) is 26.4 Å². The summed E-state index contributed by atoms with van der Waals surface area (Å²) in [6, 6.07) is 17.8. The lowest BCUT2D eigenvalue weighted by Crippen LogP contribution is -2.27. The van der Waals surface area contributed by atoms with Crippen LogP contribution in [0.2, 0.25) is 0 Å². The molecule has 0 unspecified atom stereocenters. The van der Waals surface area contributed by atoms with E-state index < -0.39 is 0 Å². The van der Waals surface area contributed by atoms with Crippen LogP contribution in [0.4, 0.5) is 17.8 Å². The van der Waals surface area contributed by atoms with E-state index in [0.717, 1.165) is 18.5 Å². The molecule has 1 amide bonds. The Morgan fingerprint density at radius 2 is 1.42 bits per heavy atom. The minimum atomic E-state index is -0.139. The Bertz CT molecular complexity index is 1210. The van der Waals surface area contributed by atoms with Crippen LogP contribution >= 0.6 is 0 Å². The second kappa shape index (κ2) is 18.7. The lowest BCUT2D eigenvalue weighted by molar-refractivity contribution is 0.0511. The summed E-state index contributed by atoms with van der Waals surface area (Å²) in [5.74, 6) is 2.13. The van der Waals surface area contributed by atoms with E-state index in [2.05, 4.69) is 48.4 Å². The molecule has 1 saturated carbocycles. The normalized spacial score (nSPS) is 13.4. The predicted molar refractivity (Wildman–Crippen MR) is 170 cm³/mol. The van der Waals surface area contributed by atoms with E-state index in [0.29, 0.717) is 81.9 Å². The van der Waals surface area contributed by atoms with Gasteiger partial charge in [0.25, 0.3) is 5.91 Å². The second-order valence-corrected chi connectivity index (χ2v) is 10.7. The third kappa shape index (κ3) is 12.1. The molecule has 1 aliphatic rings. The first-order valence-corrected chi connectivity index (χ1v) is 15.4. The van der Waals surface area contributed by atoms with Crippen molar-refractivity contribution in [1.29, 1.82) is 0 Å². The molecule has 1 fully saturated rings. The molecule has 0 atom stereocenters. The Labute approximate surface area is 254 Å². The number of amides is 1. The molecule has 0 bridgehead atoms. The topological polar surface area (TPSA) is 148 Å². The summed E-state index contributed by atoms with van der Waals surface area (Å²) in [5, 5.41) is 13.0. The van der Waals surface area contributed by atoms with Gasteiger partial charge in [-0.05, 0) is 48.4 Å². The van der Waals surface area contributed by atoms with Crippen molar-refractivity contribution in [3.63, 3.8) is 0 Å². The number of benzene rings is 2. The average Bonchev–Trinajstić information content (AvgIpc) is 3.05. The zero-order chi connectivity index (χ0) is 30.0. The van der Waals surface area contributed by atoms with Crippen LogP contribution in [0.25, 0.3) is 0 Å². The molecule has 1 aromatic heterocycles. The smallest absolute Gasteiger partial charge is 0.251 e. The highest BCUT2D eigenvalue weighted by molar-refractivity contribution is 5.94. The van der Waals surface area contributed by atoms with E-state index in [1.807, 2.05) is 42.5 Å². The van der Waals surface area contributed by atoms with E-state index in [1.165, 1.54) is 37.7 Å². The van der Waals surface area contributed by atoms with Crippen LogP contribution in [-0.2, 0) is 22.4 Å². The van der Waals surface area contributed by atoms with Crippen molar-refractivity contribution in [3.8, 4) is 0 Å². The highest BCUT2D eigenvalue weighted by Gasteiger charge is 2.14. The number of nitrogens with zero attached hydrogens (tertiary/aromatic N) is 3. The minimum Gasteiger partial charge on any atom is -0.378 e. The SMILES string of the molecule is NCCOCCOCCNC(=O)c1ccc(CNc2nc(NCCc3ccccc3)nc(NCC3CCCCC3)n2)cc1. The first kappa shape index (κ1) is 32.1. The number of carbonyl (C=O) groups excluding carboxylic acids is 1. The third-order valence-electron chi connectivity index (χ3n) is 7.28. The monoisotopic (exact) mass is 590 g/mol. The molecule has 0 aliphatic heterocycles. The lowest BCUT2D eigenvalue weighted by atomic mass is 9.89. The van der Waals surface area contributed by atoms with Gasteiger partial charge in [0.2, 0.25) is 17.8 Å². The molecule has 232 valence electrons. The summed E-state index contributed by atoms with van der Waals surface area (Å²) >= 11 is 0. The van der Waals surface area contributed by atoms with Gasteiger partial charge in [0.15, 0.2) is 0 Å². The van der Waals surface area contributed by atoms with Crippen LogP contribution in [0.5, 0.6) is 0 Å². The Morgan fingerprint density at radius 3 is 2.14 bits per heavy atom. The molecule has 11 nitrogen and oxygen atoms in total. The zero-order valence-electron chi connectivity index (χ0n) is 25.0. The zero-order valence-corrected chi connectivity index (χ0v) is 25.0. The number of rotatable bonds is 19. The molecule has 0 saturated heterocycles. The van der Waals surface area contributed by atoms with Crippen molar-refractivity contribution in [2.24, 2.45) is 11.7 Å². The van der Waals surface area contributed by atoms with Crippen molar-refractivity contribution >= 4 is 23.8 Å². The van der Waals surface area contributed by atoms with Crippen LogP contribution < -0.4 is 27.0 Å². The highest BCUT2D eigenvalue weighted by Crippen LogP contribution is 2.24. The molecule has 43 heavy (non-hydrogen) atoms. The van der Waals surface area contributed by atoms with E-state index >= 15 is 0 Å². The lowest BCUT2D eigenvalue weighted by Gasteiger charge is -2.21. The van der Waals surface area contributed by atoms with Gasteiger partial charge in [-0.2, -0.15) is 15.0 Å². The Balaban J connectivity index is 1.27. The van der Waals surface area contributed by atoms with E-state index in [1.54, 1.807) is 0 Å². The number of ether oxygens (including phenoxy) is 2. The largest absolute Gasteiger partial charge is 0.378 e. The molecule has 6 N–H and O–H groups in total. The number of anilines is 3. The Morgan fingerprint density at radius 1 is 0.744 bits per heavy atom. The summed E-state index contributed by atoms with van der Waals surface area (Å²) in [6.45, 7) is 4.93. The van der Waals surface area contributed by atoms with E-state index in [4.69, 9.17) is 15.2 Å². The maximum absolute atomic E-state index is 12.5. The van der Waals surface area contributed by atoms with Gasteiger partial charge in [-0.25, -0.2) is 0 Å². The van der Waals surface area contributed by atoms with Crippen molar-refractivity contribution in [2.75, 3.05) is 68.6 Å². The molecule has 4 rings (SSSR count). The first-order chi connectivity index (χ1) is 21.2. The van der Waals surface area contributed by atoms with Gasteiger partial charge in [-0.15, -0.1) is 0 Å². The van der Waals surface area contributed by atoms with Gasteiger partial charge in [0, 0.05) is 38.3 Å². The second-order valence-electron chi connectivity index (χ2n) is 10.7. The molecular weight excluding hydrogens is 544 g/mol. The van der Waals surface area contributed by atoms with Gasteiger partial charge in [0.1, 0.15) is 0 Å². The van der Waals surface area contributed by atoms with Crippen molar-refractivity contribution < 1.29 is 14.3 Å². The predicted octanol–water partition coefficient (Wildman–Crippen LogP) is 3.85. The van der Waals surface area contributed by atoms with Crippen molar-refractivity contribution in [2.45, 2.75) is 45.1 Å². The first-order valence-electron chi connectivity index (χ1n) is 15.4. The molecule has 2 aromatic carbocycles. The average molecular weight is 591 g/mol. The summed E-state index contributed by atoms with van der Waals surface area (Å²) in [7, 11) is 0. The molecular formula is C32H46N8O3. The molecule has 1 heterocycles. The maximum Gasteiger partial charge on any atom is 0.251 e. The fourth-order valence-electron chi connectivity index (χ4n) is 4.90.